The van der Waals surface area contributed by atoms with E-state index in [0.29, 0.717) is 10.0 Å². The van der Waals surface area contributed by atoms with Crippen LogP contribution in [0.4, 0.5) is 4.39 Å². The first-order valence-corrected chi connectivity index (χ1v) is 7.02. The van der Waals surface area contributed by atoms with Crippen LogP contribution in [0.15, 0.2) is 53.0 Å². The van der Waals surface area contributed by atoms with Crippen molar-refractivity contribution in [2.75, 3.05) is 0 Å². The maximum absolute atomic E-state index is 13.8. The van der Waals surface area contributed by atoms with Crippen molar-refractivity contribution in [3.8, 4) is 0 Å². The summed E-state index contributed by atoms with van der Waals surface area (Å²) in [5.41, 5.74) is 6.08. The lowest BCUT2D eigenvalue weighted by Gasteiger charge is -2.23. The van der Waals surface area contributed by atoms with Gasteiger partial charge < -0.3 is 5.73 Å². The van der Waals surface area contributed by atoms with Gasteiger partial charge in [-0.3, -0.25) is 4.79 Å². The molecule has 0 radical (unpaired) electrons. The van der Waals surface area contributed by atoms with Crippen molar-refractivity contribution in [1.82, 2.24) is 0 Å². The Morgan fingerprint density at radius 3 is 2.50 bits per heavy atom. The lowest BCUT2D eigenvalue weighted by Crippen LogP contribution is -2.42. The fourth-order valence-electron chi connectivity index (χ4n) is 1.97. The normalized spacial score (nSPS) is 13.8. The van der Waals surface area contributed by atoms with E-state index in [1.54, 1.807) is 31.2 Å². The molecule has 2 aromatic carbocycles. The molecule has 0 bridgehead atoms. The summed E-state index contributed by atoms with van der Waals surface area (Å²) >= 11 is 3.19. The third-order valence-electron chi connectivity index (χ3n) is 3.32. The van der Waals surface area contributed by atoms with Gasteiger partial charge in [0.15, 0.2) is 5.78 Å². The second-order valence-corrected chi connectivity index (χ2v) is 5.82. The van der Waals surface area contributed by atoms with Gasteiger partial charge in [0, 0.05) is 10.9 Å². The number of Topliss-reactive ketones (excluding diaryl/α,β-unsaturated/α-hetero) is 1. The number of benzene rings is 2. The van der Waals surface area contributed by atoms with Gasteiger partial charge in [0.2, 0.25) is 0 Å². The molecule has 0 amide bonds. The number of rotatable bonds is 4. The Morgan fingerprint density at radius 1 is 1.25 bits per heavy atom. The van der Waals surface area contributed by atoms with Crippen LogP contribution in [0.5, 0.6) is 0 Å². The summed E-state index contributed by atoms with van der Waals surface area (Å²) in [7, 11) is 0. The Morgan fingerprint density at radius 2 is 1.90 bits per heavy atom. The SMILES string of the molecule is CC(N)(C(=O)Cc1ccc(Br)cc1F)c1ccccc1. The molecule has 20 heavy (non-hydrogen) atoms. The minimum Gasteiger partial charge on any atom is -0.315 e. The monoisotopic (exact) mass is 335 g/mol. The first-order chi connectivity index (χ1) is 9.41. The summed E-state index contributed by atoms with van der Waals surface area (Å²) in [5.74, 6) is -0.624. The Balaban J connectivity index is 2.23. The van der Waals surface area contributed by atoms with E-state index in [9.17, 15) is 9.18 Å². The van der Waals surface area contributed by atoms with Gasteiger partial charge in [-0.25, -0.2) is 4.39 Å². The number of hydrogen-bond acceptors (Lipinski definition) is 2. The van der Waals surface area contributed by atoms with E-state index in [4.69, 9.17) is 5.73 Å². The van der Waals surface area contributed by atoms with Crippen LogP contribution in [0, 0.1) is 5.82 Å². The van der Waals surface area contributed by atoms with Crippen LogP contribution < -0.4 is 5.73 Å². The highest BCUT2D eigenvalue weighted by molar-refractivity contribution is 9.10. The molecule has 1 atom stereocenters. The molecule has 0 saturated carbocycles. The lowest BCUT2D eigenvalue weighted by atomic mass is 9.86. The molecule has 4 heteroatoms. The molecule has 0 fully saturated rings. The van der Waals surface area contributed by atoms with E-state index in [1.165, 1.54) is 6.07 Å². The molecule has 104 valence electrons. The minimum atomic E-state index is -1.12. The quantitative estimate of drug-likeness (QED) is 0.927. The van der Waals surface area contributed by atoms with Crippen LogP contribution in [0.2, 0.25) is 0 Å². The highest BCUT2D eigenvalue weighted by atomic mass is 79.9. The van der Waals surface area contributed by atoms with Crippen molar-refractivity contribution in [2.45, 2.75) is 18.9 Å². The average Bonchev–Trinajstić information content (AvgIpc) is 2.42. The third-order valence-corrected chi connectivity index (χ3v) is 3.81. The predicted molar refractivity (Wildman–Crippen MR) is 80.8 cm³/mol. The number of halogens is 2. The van der Waals surface area contributed by atoms with Crippen LogP contribution in [0.25, 0.3) is 0 Å². The van der Waals surface area contributed by atoms with Gasteiger partial charge in [0.05, 0.1) is 5.54 Å². The van der Waals surface area contributed by atoms with Crippen molar-refractivity contribution in [2.24, 2.45) is 5.73 Å². The van der Waals surface area contributed by atoms with E-state index >= 15 is 0 Å². The molecule has 0 aromatic heterocycles. The van der Waals surface area contributed by atoms with Gasteiger partial charge in [-0.1, -0.05) is 52.3 Å². The van der Waals surface area contributed by atoms with E-state index in [1.807, 2.05) is 18.2 Å². The summed E-state index contributed by atoms with van der Waals surface area (Å²) in [5, 5.41) is 0. The molecule has 2 nitrogen and oxygen atoms in total. The maximum atomic E-state index is 13.8. The van der Waals surface area contributed by atoms with Gasteiger partial charge in [0.1, 0.15) is 5.82 Å². The number of nitrogens with two attached hydrogens (primary N) is 1. The van der Waals surface area contributed by atoms with E-state index in [-0.39, 0.29) is 12.2 Å². The smallest absolute Gasteiger partial charge is 0.161 e. The van der Waals surface area contributed by atoms with Crippen LogP contribution in [0.3, 0.4) is 0 Å². The molecule has 2 aromatic rings. The van der Waals surface area contributed by atoms with Gasteiger partial charge in [0.25, 0.3) is 0 Å². The van der Waals surface area contributed by atoms with Gasteiger partial charge in [-0.2, -0.15) is 0 Å². The number of ketones is 1. The zero-order valence-corrected chi connectivity index (χ0v) is 12.7. The molecule has 0 aliphatic carbocycles. The van der Waals surface area contributed by atoms with Crippen LogP contribution in [-0.2, 0) is 16.8 Å². The fraction of sp³-hybridized carbons (Fsp3) is 0.188. The van der Waals surface area contributed by atoms with Crippen molar-refractivity contribution in [3.63, 3.8) is 0 Å². The molecule has 1 unspecified atom stereocenters. The Hall–Kier alpha value is -1.52. The second-order valence-electron chi connectivity index (χ2n) is 4.90. The second kappa shape index (κ2) is 5.85. The number of carbonyl (C=O) groups excluding carboxylic acids is 1. The molecule has 0 aliphatic heterocycles. The summed E-state index contributed by atoms with van der Waals surface area (Å²) in [6.07, 6.45) is -0.0268. The summed E-state index contributed by atoms with van der Waals surface area (Å²) in [6, 6.07) is 13.8. The maximum Gasteiger partial charge on any atom is 0.161 e. The van der Waals surface area contributed by atoms with Crippen LogP contribution in [-0.4, -0.2) is 5.78 Å². The summed E-state index contributed by atoms with van der Waals surface area (Å²) in [4.78, 5) is 12.4. The molecule has 0 heterocycles. The Bertz CT molecular complexity index is 626. The Labute approximate surface area is 125 Å². The summed E-state index contributed by atoms with van der Waals surface area (Å²) in [6.45, 7) is 1.65. The number of carbonyl (C=O) groups is 1. The zero-order chi connectivity index (χ0) is 14.8. The van der Waals surface area contributed by atoms with Crippen LogP contribution >= 0.6 is 15.9 Å². The Kier molecular flexibility index (Phi) is 4.35. The fourth-order valence-corrected chi connectivity index (χ4v) is 2.30. The molecule has 0 spiro atoms. The predicted octanol–water partition coefficient (Wildman–Crippen LogP) is 3.57. The van der Waals surface area contributed by atoms with Gasteiger partial charge >= 0.3 is 0 Å². The largest absolute Gasteiger partial charge is 0.315 e. The van der Waals surface area contributed by atoms with E-state index in [2.05, 4.69) is 15.9 Å². The minimum absolute atomic E-state index is 0.0268. The zero-order valence-electron chi connectivity index (χ0n) is 11.1. The molecule has 2 rings (SSSR count). The molecular weight excluding hydrogens is 321 g/mol. The molecular formula is C16H15BrFNO. The third kappa shape index (κ3) is 3.14. The molecule has 0 aliphatic rings. The summed E-state index contributed by atoms with van der Waals surface area (Å²) < 4.78 is 14.4. The average molecular weight is 336 g/mol. The number of hydrogen-bond donors (Lipinski definition) is 1. The van der Waals surface area contributed by atoms with E-state index < -0.39 is 11.4 Å². The topological polar surface area (TPSA) is 43.1 Å². The van der Waals surface area contributed by atoms with Crippen molar-refractivity contribution in [1.29, 1.82) is 0 Å². The van der Waals surface area contributed by atoms with Crippen molar-refractivity contribution >= 4 is 21.7 Å². The molecule has 2 N–H and O–H groups in total. The van der Waals surface area contributed by atoms with E-state index in [0.717, 1.165) is 5.56 Å². The molecule has 0 saturated heterocycles. The first kappa shape index (κ1) is 14.9. The standard InChI is InChI=1S/C16H15BrFNO/c1-16(19,12-5-3-2-4-6-12)15(20)9-11-7-8-13(17)10-14(11)18/h2-8,10H,9,19H2,1H3. The first-order valence-electron chi connectivity index (χ1n) is 6.23. The van der Waals surface area contributed by atoms with Gasteiger partial charge in [-0.05, 0) is 30.2 Å². The highest BCUT2D eigenvalue weighted by Gasteiger charge is 2.30. The van der Waals surface area contributed by atoms with Crippen molar-refractivity contribution in [3.05, 3.63) is 69.9 Å². The van der Waals surface area contributed by atoms with Gasteiger partial charge in [-0.15, -0.1) is 0 Å². The van der Waals surface area contributed by atoms with Crippen LogP contribution in [0.1, 0.15) is 18.1 Å². The highest BCUT2D eigenvalue weighted by Crippen LogP contribution is 2.22. The lowest BCUT2D eigenvalue weighted by molar-refractivity contribution is -0.123. The van der Waals surface area contributed by atoms with Crippen molar-refractivity contribution < 1.29 is 9.18 Å².